The molecule has 0 aromatic rings. The van der Waals surface area contributed by atoms with Crippen LogP contribution in [0.25, 0.3) is 0 Å². The van der Waals surface area contributed by atoms with Crippen LogP contribution in [0, 0.1) is 23.7 Å². The zero-order valence-corrected chi connectivity index (χ0v) is 30.4. The fourth-order valence-corrected chi connectivity index (χ4v) is 9.33. The smallest absolute Gasteiger partial charge is 0.166 e. The molecule has 5 nitrogen and oxygen atoms in total. The van der Waals surface area contributed by atoms with Crippen molar-refractivity contribution in [2.45, 2.75) is 186 Å². The molecule has 4 aliphatic carbocycles. The third-order valence-corrected chi connectivity index (χ3v) is 11.6. The van der Waals surface area contributed by atoms with Gasteiger partial charge in [0.1, 0.15) is 0 Å². The highest BCUT2D eigenvalue weighted by Gasteiger charge is 2.27. The van der Waals surface area contributed by atoms with Gasteiger partial charge in [0.05, 0.1) is 0 Å². The van der Waals surface area contributed by atoms with Crippen LogP contribution in [0.4, 0.5) is 0 Å². The van der Waals surface area contributed by atoms with Crippen molar-refractivity contribution in [3.8, 4) is 0 Å². The second-order valence-electron chi connectivity index (χ2n) is 14.8. The molecule has 0 saturated heterocycles. The van der Waals surface area contributed by atoms with Gasteiger partial charge in [-0.1, -0.05) is 71.8 Å². The van der Waals surface area contributed by atoms with Crippen molar-refractivity contribution in [3.63, 3.8) is 0 Å². The third kappa shape index (κ3) is 14.6. The summed E-state index contributed by atoms with van der Waals surface area (Å²) in [4.78, 5) is 0. The van der Waals surface area contributed by atoms with Crippen LogP contribution in [-0.4, -0.2) is 34.4 Å². The first-order chi connectivity index (χ1) is 21.3. The number of rotatable bonds is 10. The molecule has 0 aromatic heterocycles. The largest absolute Gasteiger partial charge is 0.386 e. The quantitative estimate of drug-likeness (QED) is 0.120. The summed E-state index contributed by atoms with van der Waals surface area (Å²) in [6.45, 7) is 10.1. The van der Waals surface area contributed by atoms with Gasteiger partial charge in [0.25, 0.3) is 0 Å². The Balaban J connectivity index is 0.00000259. The summed E-state index contributed by atoms with van der Waals surface area (Å²) >= 11 is 10.9. The highest BCUT2D eigenvalue weighted by Crippen LogP contribution is 2.35. The van der Waals surface area contributed by atoms with Gasteiger partial charge in [0.15, 0.2) is 10.2 Å². The zero-order chi connectivity index (χ0) is 31.7. The molecule has 0 bridgehead atoms. The molecule has 0 radical (unpaired) electrons. The lowest BCUT2D eigenvalue weighted by Crippen LogP contribution is -2.47. The van der Waals surface area contributed by atoms with Crippen molar-refractivity contribution in [2.24, 2.45) is 29.4 Å². The lowest BCUT2D eigenvalue weighted by atomic mass is 9.77. The molecule has 4 rings (SSSR count). The Kier molecular flexibility index (Phi) is 17.8. The number of nitrogens with one attached hydrogen (secondary N) is 4. The van der Waals surface area contributed by atoms with Crippen LogP contribution in [0.15, 0.2) is 12.3 Å². The van der Waals surface area contributed by atoms with Gasteiger partial charge in [-0.3, -0.25) is 0 Å². The molecule has 0 aliphatic heterocycles. The van der Waals surface area contributed by atoms with E-state index in [2.05, 4.69) is 34.8 Å². The summed E-state index contributed by atoms with van der Waals surface area (Å²) in [7, 11) is 0. The van der Waals surface area contributed by atoms with E-state index >= 15 is 0 Å². The van der Waals surface area contributed by atoms with Crippen LogP contribution in [-0.2, 0) is 0 Å². The van der Waals surface area contributed by atoms with Gasteiger partial charge in [0.2, 0.25) is 0 Å². The van der Waals surface area contributed by atoms with E-state index in [1.165, 1.54) is 141 Å². The van der Waals surface area contributed by atoms with Gasteiger partial charge in [-0.2, -0.15) is 0 Å². The van der Waals surface area contributed by atoms with E-state index in [-0.39, 0.29) is 0 Å². The maximum Gasteiger partial charge on any atom is 0.166 e. The maximum absolute atomic E-state index is 5.82. The summed E-state index contributed by atoms with van der Waals surface area (Å²) in [5.74, 6) is 3.68. The van der Waals surface area contributed by atoms with Crippen LogP contribution >= 0.6 is 24.4 Å². The second-order valence-corrected chi connectivity index (χ2v) is 15.6. The Bertz CT molecular complexity index is 824. The van der Waals surface area contributed by atoms with Gasteiger partial charge in [-0.15, -0.1) is 0 Å². The molecule has 0 amide bonds. The molecule has 4 aliphatic rings. The van der Waals surface area contributed by atoms with E-state index in [0.717, 1.165) is 34.5 Å². The van der Waals surface area contributed by atoms with E-state index in [1.54, 1.807) is 0 Å². The molecule has 0 heterocycles. The van der Waals surface area contributed by atoms with Crippen LogP contribution in [0.1, 0.15) is 162 Å². The molecular formula is C37H69N5S2. The Labute approximate surface area is 282 Å². The highest BCUT2D eigenvalue weighted by atomic mass is 32.1. The van der Waals surface area contributed by atoms with Crippen molar-refractivity contribution in [2.75, 3.05) is 0 Å². The van der Waals surface area contributed by atoms with Gasteiger partial charge in [-0.05, 0) is 145 Å². The monoisotopic (exact) mass is 647 g/mol. The molecular weight excluding hydrogens is 579 g/mol. The van der Waals surface area contributed by atoms with Crippen LogP contribution < -0.4 is 27.0 Å². The molecule has 44 heavy (non-hydrogen) atoms. The summed E-state index contributed by atoms with van der Waals surface area (Å²) in [5.41, 5.74) is 6.83. The highest BCUT2D eigenvalue weighted by molar-refractivity contribution is 7.80. The van der Waals surface area contributed by atoms with Gasteiger partial charge in [0, 0.05) is 29.9 Å². The van der Waals surface area contributed by atoms with Crippen LogP contribution in [0.5, 0.6) is 0 Å². The predicted octanol–water partition coefficient (Wildman–Crippen LogP) is 9.01. The van der Waals surface area contributed by atoms with Crippen molar-refractivity contribution in [1.82, 2.24) is 21.3 Å². The fourth-order valence-electron chi connectivity index (χ4n) is 8.83. The molecule has 0 aromatic carbocycles. The Morgan fingerprint density at radius 2 is 0.909 bits per heavy atom. The average Bonchev–Trinajstić information content (AvgIpc) is 3.21. The fraction of sp³-hybridized carbons (Fsp3) is 0.892. The number of thiocarbonyl (C=S) groups is 2. The van der Waals surface area contributed by atoms with Gasteiger partial charge in [-0.25, -0.2) is 0 Å². The SMILES string of the molecule is C=C(C)NC1CCC(CC2CCCC(NC(=S)NC3CCC(CCC4CCCC(NC(N)=S)CC4)CC3)CCC2)CC1.CC. The van der Waals surface area contributed by atoms with Crippen molar-refractivity contribution < 1.29 is 0 Å². The van der Waals surface area contributed by atoms with Crippen molar-refractivity contribution in [3.05, 3.63) is 12.3 Å². The summed E-state index contributed by atoms with van der Waals surface area (Å²) in [6, 6.07) is 2.28. The standard InChI is InChI=1S/C35H63N5S2.C2H6/c1-25(2)37-32-22-17-29(18-23-32)24-28-7-4-9-30(10-5-8-28)39-35(42)40-33-20-15-27(16-21-33)13-12-26-6-3-11-31(19-14-26)38-34(36)41;1-2/h26-33,37H,1,3-24H2,2H3,(H3,36,38,41)(H2,39,40,42);1-2H3. The minimum absolute atomic E-state index is 0.466. The predicted molar refractivity (Wildman–Crippen MR) is 199 cm³/mol. The van der Waals surface area contributed by atoms with E-state index in [0.29, 0.717) is 29.3 Å². The molecule has 4 fully saturated rings. The molecule has 0 spiro atoms. The second kappa shape index (κ2) is 20.9. The van der Waals surface area contributed by atoms with E-state index in [9.17, 15) is 0 Å². The lowest BCUT2D eigenvalue weighted by Gasteiger charge is -2.34. The summed E-state index contributed by atoms with van der Waals surface area (Å²) < 4.78 is 0. The first kappa shape index (κ1) is 37.4. The third-order valence-electron chi connectivity index (χ3n) is 11.2. The van der Waals surface area contributed by atoms with Gasteiger partial charge >= 0.3 is 0 Å². The topological polar surface area (TPSA) is 74.1 Å². The van der Waals surface area contributed by atoms with Crippen molar-refractivity contribution in [1.29, 1.82) is 0 Å². The Morgan fingerprint density at radius 3 is 1.39 bits per heavy atom. The average molecular weight is 648 g/mol. The number of hydrogen-bond acceptors (Lipinski definition) is 3. The molecule has 4 saturated carbocycles. The maximum atomic E-state index is 5.82. The van der Waals surface area contributed by atoms with Crippen LogP contribution in [0.3, 0.4) is 0 Å². The zero-order valence-electron chi connectivity index (χ0n) is 28.8. The number of nitrogens with two attached hydrogens (primary N) is 1. The van der Waals surface area contributed by atoms with Gasteiger partial charge < -0.3 is 27.0 Å². The number of allylic oxidation sites excluding steroid dienone is 1. The van der Waals surface area contributed by atoms with Crippen LogP contribution in [0.2, 0.25) is 0 Å². The Morgan fingerprint density at radius 1 is 0.545 bits per heavy atom. The minimum atomic E-state index is 0.466. The molecule has 6 N–H and O–H groups in total. The van der Waals surface area contributed by atoms with E-state index in [1.807, 2.05) is 13.8 Å². The number of hydrogen-bond donors (Lipinski definition) is 5. The first-order valence-corrected chi connectivity index (χ1v) is 19.7. The minimum Gasteiger partial charge on any atom is -0.386 e. The molecule has 2 unspecified atom stereocenters. The normalized spacial score (nSPS) is 33.2. The Hall–Kier alpha value is -1.08. The molecule has 254 valence electrons. The first-order valence-electron chi connectivity index (χ1n) is 18.9. The molecule has 7 heteroatoms. The lowest BCUT2D eigenvalue weighted by molar-refractivity contribution is 0.229. The van der Waals surface area contributed by atoms with E-state index in [4.69, 9.17) is 30.2 Å². The summed E-state index contributed by atoms with van der Waals surface area (Å²) in [6.07, 6.45) is 29.5. The van der Waals surface area contributed by atoms with E-state index < -0.39 is 0 Å². The molecule has 2 atom stereocenters. The summed E-state index contributed by atoms with van der Waals surface area (Å²) in [5, 5.41) is 15.7. The van der Waals surface area contributed by atoms with Crippen molar-refractivity contribution >= 4 is 34.7 Å².